The Morgan fingerprint density at radius 2 is 2.00 bits per heavy atom. The van der Waals surface area contributed by atoms with Crippen LogP contribution in [0.5, 0.6) is 0 Å². The molecule has 3 aromatic rings. The number of carbonyl (C=O) groups is 1. The van der Waals surface area contributed by atoms with Gasteiger partial charge in [0.05, 0.1) is 22.0 Å². The highest BCUT2D eigenvalue weighted by Gasteiger charge is 2.12. The van der Waals surface area contributed by atoms with Gasteiger partial charge in [-0.2, -0.15) is 5.10 Å². The lowest BCUT2D eigenvalue weighted by atomic mass is 10.2. The second-order valence-corrected chi connectivity index (χ2v) is 4.68. The largest absolute Gasteiger partial charge is 0.320 e. The molecule has 0 spiro atoms. The molecular formula is C15H11ClN4O. The third-order valence-corrected chi connectivity index (χ3v) is 3.22. The van der Waals surface area contributed by atoms with Crippen LogP contribution in [-0.4, -0.2) is 20.7 Å². The number of nitrogens with zero attached hydrogens (tertiary/aromatic N) is 3. The second kappa shape index (κ2) is 5.76. The van der Waals surface area contributed by atoms with Gasteiger partial charge in [-0.25, -0.2) is 4.68 Å². The van der Waals surface area contributed by atoms with Crippen LogP contribution in [0.2, 0.25) is 5.02 Å². The Morgan fingerprint density at radius 1 is 1.14 bits per heavy atom. The number of hydrogen-bond acceptors (Lipinski definition) is 3. The molecule has 0 radical (unpaired) electrons. The van der Waals surface area contributed by atoms with Crippen molar-refractivity contribution >= 4 is 23.2 Å². The molecule has 104 valence electrons. The number of benzene rings is 1. The first kappa shape index (κ1) is 13.3. The molecule has 0 saturated carbocycles. The number of rotatable bonds is 3. The fourth-order valence-corrected chi connectivity index (χ4v) is 2.14. The highest BCUT2D eigenvalue weighted by atomic mass is 35.5. The number of nitrogens with one attached hydrogen (secondary N) is 1. The summed E-state index contributed by atoms with van der Waals surface area (Å²) in [5.74, 6) is -0.290. The van der Waals surface area contributed by atoms with E-state index in [4.69, 9.17) is 11.6 Å². The van der Waals surface area contributed by atoms with Gasteiger partial charge in [-0.3, -0.25) is 9.78 Å². The molecule has 0 saturated heterocycles. The number of amides is 1. The van der Waals surface area contributed by atoms with Crippen LogP contribution >= 0.6 is 11.6 Å². The average molecular weight is 299 g/mol. The fourth-order valence-electron chi connectivity index (χ4n) is 1.94. The van der Waals surface area contributed by atoms with Crippen LogP contribution in [0.3, 0.4) is 0 Å². The van der Waals surface area contributed by atoms with Gasteiger partial charge in [-0.1, -0.05) is 23.7 Å². The Morgan fingerprint density at radius 3 is 2.76 bits per heavy atom. The van der Waals surface area contributed by atoms with Gasteiger partial charge < -0.3 is 5.32 Å². The summed E-state index contributed by atoms with van der Waals surface area (Å²) in [5, 5.41) is 7.33. The average Bonchev–Trinajstić information content (AvgIpc) is 3.02. The SMILES string of the molecule is O=C(Nc1ccccc1-n1cccn1)c1ccncc1Cl. The number of halogens is 1. The van der Waals surface area contributed by atoms with Crippen molar-refractivity contribution in [2.75, 3.05) is 5.32 Å². The van der Waals surface area contributed by atoms with Crippen molar-refractivity contribution in [2.45, 2.75) is 0 Å². The third kappa shape index (κ3) is 2.78. The van der Waals surface area contributed by atoms with Crippen LogP contribution < -0.4 is 5.32 Å². The number of hydrogen-bond donors (Lipinski definition) is 1. The van der Waals surface area contributed by atoms with Gasteiger partial charge in [0.1, 0.15) is 0 Å². The van der Waals surface area contributed by atoms with Gasteiger partial charge >= 0.3 is 0 Å². The van der Waals surface area contributed by atoms with Crippen LogP contribution in [0.1, 0.15) is 10.4 Å². The summed E-state index contributed by atoms with van der Waals surface area (Å²) in [6.45, 7) is 0. The molecule has 0 aliphatic heterocycles. The minimum Gasteiger partial charge on any atom is -0.320 e. The predicted molar refractivity (Wildman–Crippen MR) is 80.8 cm³/mol. The summed E-state index contributed by atoms with van der Waals surface area (Å²) >= 11 is 5.98. The molecule has 0 atom stereocenters. The number of para-hydroxylation sites is 2. The molecule has 1 amide bonds. The quantitative estimate of drug-likeness (QED) is 0.808. The molecule has 0 fully saturated rings. The van der Waals surface area contributed by atoms with E-state index < -0.39 is 0 Å². The van der Waals surface area contributed by atoms with Gasteiger partial charge in [0.2, 0.25) is 0 Å². The molecule has 6 heteroatoms. The zero-order valence-electron chi connectivity index (χ0n) is 10.9. The first-order valence-corrected chi connectivity index (χ1v) is 6.63. The normalized spacial score (nSPS) is 10.3. The Hall–Kier alpha value is -2.66. The zero-order chi connectivity index (χ0) is 14.7. The molecule has 1 N–H and O–H groups in total. The molecular weight excluding hydrogens is 288 g/mol. The Labute approximate surface area is 126 Å². The van der Waals surface area contributed by atoms with E-state index in [1.807, 2.05) is 36.5 Å². The smallest absolute Gasteiger partial charge is 0.257 e. The number of anilines is 1. The zero-order valence-corrected chi connectivity index (χ0v) is 11.7. The van der Waals surface area contributed by atoms with Crippen LogP contribution in [0.15, 0.2) is 61.2 Å². The van der Waals surface area contributed by atoms with E-state index in [2.05, 4.69) is 15.4 Å². The van der Waals surface area contributed by atoms with Crippen molar-refractivity contribution in [3.05, 3.63) is 71.8 Å². The fraction of sp³-hybridized carbons (Fsp3) is 0. The molecule has 2 heterocycles. The predicted octanol–water partition coefficient (Wildman–Crippen LogP) is 3.17. The Balaban J connectivity index is 1.93. The van der Waals surface area contributed by atoms with Crippen molar-refractivity contribution in [1.82, 2.24) is 14.8 Å². The summed E-state index contributed by atoms with van der Waals surface area (Å²) in [5.41, 5.74) is 1.81. The van der Waals surface area contributed by atoms with Crippen molar-refractivity contribution in [1.29, 1.82) is 0 Å². The van der Waals surface area contributed by atoms with Gasteiger partial charge in [0.25, 0.3) is 5.91 Å². The summed E-state index contributed by atoms with van der Waals surface area (Å²) in [6.07, 6.45) is 6.46. The van der Waals surface area contributed by atoms with E-state index in [0.29, 0.717) is 16.3 Å². The lowest BCUT2D eigenvalue weighted by Crippen LogP contribution is -2.14. The molecule has 1 aromatic carbocycles. The van der Waals surface area contributed by atoms with Crippen molar-refractivity contribution in [2.24, 2.45) is 0 Å². The van der Waals surface area contributed by atoms with Crippen molar-refractivity contribution in [3.8, 4) is 5.69 Å². The summed E-state index contributed by atoms with van der Waals surface area (Å²) in [7, 11) is 0. The summed E-state index contributed by atoms with van der Waals surface area (Å²) < 4.78 is 1.68. The van der Waals surface area contributed by atoms with Crippen LogP contribution in [0.25, 0.3) is 5.69 Å². The van der Waals surface area contributed by atoms with Gasteiger partial charge in [0.15, 0.2) is 0 Å². The molecule has 3 rings (SSSR count). The second-order valence-electron chi connectivity index (χ2n) is 4.28. The third-order valence-electron chi connectivity index (χ3n) is 2.92. The summed E-state index contributed by atoms with van der Waals surface area (Å²) in [6, 6.07) is 10.8. The van der Waals surface area contributed by atoms with E-state index in [1.165, 1.54) is 12.4 Å². The first-order valence-electron chi connectivity index (χ1n) is 6.25. The highest BCUT2D eigenvalue weighted by molar-refractivity contribution is 6.34. The number of carbonyl (C=O) groups excluding carboxylic acids is 1. The first-order chi connectivity index (χ1) is 10.3. The van der Waals surface area contributed by atoms with Crippen LogP contribution in [-0.2, 0) is 0 Å². The minimum absolute atomic E-state index is 0.290. The Kier molecular flexibility index (Phi) is 3.66. The van der Waals surface area contributed by atoms with E-state index in [0.717, 1.165) is 5.69 Å². The molecule has 0 bridgehead atoms. The van der Waals surface area contributed by atoms with E-state index >= 15 is 0 Å². The van der Waals surface area contributed by atoms with Crippen LogP contribution in [0, 0.1) is 0 Å². The lowest BCUT2D eigenvalue weighted by molar-refractivity contribution is 0.102. The maximum atomic E-state index is 12.3. The molecule has 5 nitrogen and oxygen atoms in total. The molecule has 21 heavy (non-hydrogen) atoms. The van der Waals surface area contributed by atoms with E-state index in [1.54, 1.807) is 16.9 Å². The summed E-state index contributed by atoms with van der Waals surface area (Å²) in [4.78, 5) is 16.2. The molecule has 0 aliphatic carbocycles. The van der Waals surface area contributed by atoms with E-state index in [-0.39, 0.29) is 5.91 Å². The molecule has 0 aliphatic rings. The maximum Gasteiger partial charge on any atom is 0.257 e. The molecule has 2 aromatic heterocycles. The van der Waals surface area contributed by atoms with Crippen LogP contribution in [0.4, 0.5) is 5.69 Å². The molecule has 0 unspecified atom stereocenters. The van der Waals surface area contributed by atoms with Gasteiger partial charge in [-0.05, 0) is 24.3 Å². The van der Waals surface area contributed by atoms with Gasteiger partial charge in [0, 0.05) is 24.8 Å². The van der Waals surface area contributed by atoms with Gasteiger partial charge in [-0.15, -0.1) is 0 Å². The maximum absolute atomic E-state index is 12.3. The minimum atomic E-state index is -0.290. The number of aromatic nitrogens is 3. The topological polar surface area (TPSA) is 59.8 Å². The lowest BCUT2D eigenvalue weighted by Gasteiger charge is -2.11. The standard InChI is InChI=1S/C15H11ClN4O/c16-12-10-17-8-6-11(12)15(21)19-13-4-1-2-5-14(13)20-9-3-7-18-20/h1-10H,(H,19,21). The number of pyridine rings is 1. The highest BCUT2D eigenvalue weighted by Crippen LogP contribution is 2.21. The van der Waals surface area contributed by atoms with Crippen molar-refractivity contribution in [3.63, 3.8) is 0 Å². The Bertz CT molecular complexity index is 771. The van der Waals surface area contributed by atoms with E-state index in [9.17, 15) is 4.79 Å². The van der Waals surface area contributed by atoms with Crippen molar-refractivity contribution < 1.29 is 4.79 Å². The monoisotopic (exact) mass is 298 g/mol.